The van der Waals surface area contributed by atoms with E-state index in [-0.39, 0.29) is 11.7 Å². The first-order valence-corrected chi connectivity index (χ1v) is 4.22. The zero-order chi connectivity index (χ0) is 9.72. The van der Waals surface area contributed by atoms with Crippen molar-refractivity contribution in [3.8, 4) is 0 Å². The summed E-state index contributed by atoms with van der Waals surface area (Å²) in [5, 5.41) is 8.60. The van der Waals surface area contributed by atoms with Crippen molar-refractivity contribution in [3.63, 3.8) is 0 Å². The maximum absolute atomic E-state index is 10.9. The zero-order valence-corrected chi connectivity index (χ0v) is 7.83. The van der Waals surface area contributed by atoms with Crippen LogP contribution in [0, 0.1) is 11.8 Å². The van der Waals surface area contributed by atoms with Gasteiger partial charge in [0.15, 0.2) is 0 Å². The molecule has 0 bridgehead atoms. The maximum Gasteiger partial charge on any atom is 0.306 e. The van der Waals surface area contributed by atoms with Crippen LogP contribution in [0.25, 0.3) is 0 Å². The number of Topliss-reactive ketones (excluding diaryl/α,β-unsaturated/α-hetero) is 1. The Hall–Kier alpha value is -0.860. The minimum atomic E-state index is -0.824. The normalized spacial score (nSPS) is 15.2. The molecule has 12 heavy (non-hydrogen) atoms. The van der Waals surface area contributed by atoms with E-state index in [1.165, 1.54) is 6.92 Å². The van der Waals surface area contributed by atoms with Crippen molar-refractivity contribution in [3.05, 3.63) is 0 Å². The Kier molecular flexibility index (Phi) is 4.55. The Morgan fingerprint density at radius 2 is 1.92 bits per heavy atom. The van der Waals surface area contributed by atoms with Gasteiger partial charge in [0.05, 0.1) is 5.92 Å². The number of rotatable bonds is 5. The topological polar surface area (TPSA) is 54.4 Å². The van der Waals surface area contributed by atoms with Crippen molar-refractivity contribution in [1.82, 2.24) is 0 Å². The number of carboxylic acids is 1. The lowest BCUT2D eigenvalue weighted by atomic mass is 9.91. The molecule has 0 aliphatic heterocycles. The largest absolute Gasteiger partial charge is 0.481 e. The van der Waals surface area contributed by atoms with E-state index in [1.807, 2.05) is 6.92 Å². The first-order valence-electron chi connectivity index (χ1n) is 4.22. The van der Waals surface area contributed by atoms with Crippen molar-refractivity contribution in [1.29, 1.82) is 0 Å². The van der Waals surface area contributed by atoms with Crippen LogP contribution in [-0.4, -0.2) is 16.9 Å². The Labute approximate surface area is 72.8 Å². The molecule has 0 amide bonds. The molecule has 0 aliphatic carbocycles. The third-order valence-corrected chi connectivity index (χ3v) is 2.13. The van der Waals surface area contributed by atoms with Crippen molar-refractivity contribution in [2.24, 2.45) is 11.8 Å². The van der Waals surface area contributed by atoms with Gasteiger partial charge in [0.1, 0.15) is 5.78 Å². The molecule has 0 aromatic carbocycles. The first kappa shape index (κ1) is 11.1. The lowest BCUT2D eigenvalue weighted by Gasteiger charge is -2.13. The second-order valence-corrected chi connectivity index (χ2v) is 3.19. The maximum atomic E-state index is 10.9. The fraction of sp³-hybridized carbons (Fsp3) is 0.778. The third-order valence-electron chi connectivity index (χ3n) is 2.13. The number of ketones is 1. The van der Waals surface area contributed by atoms with E-state index in [0.29, 0.717) is 6.42 Å². The highest BCUT2D eigenvalue weighted by Crippen LogP contribution is 2.16. The van der Waals surface area contributed by atoms with E-state index in [1.54, 1.807) is 6.92 Å². The van der Waals surface area contributed by atoms with E-state index in [0.717, 1.165) is 6.42 Å². The van der Waals surface area contributed by atoms with E-state index in [4.69, 9.17) is 5.11 Å². The highest BCUT2D eigenvalue weighted by atomic mass is 16.4. The standard InChI is InChI=1S/C9H16O3/c1-4-8(7(3)10)5-6(2)9(11)12/h6,8H,4-5H2,1-3H3,(H,11,12). The van der Waals surface area contributed by atoms with Gasteiger partial charge >= 0.3 is 5.97 Å². The van der Waals surface area contributed by atoms with Gasteiger partial charge in [0, 0.05) is 5.92 Å². The van der Waals surface area contributed by atoms with Crippen LogP contribution in [0.3, 0.4) is 0 Å². The Morgan fingerprint density at radius 1 is 1.42 bits per heavy atom. The SMILES string of the molecule is CCC(CC(C)C(=O)O)C(C)=O. The quantitative estimate of drug-likeness (QED) is 0.686. The Bertz CT molecular complexity index is 175. The van der Waals surface area contributed by atoms with E-state index >= 15 is 0 Å². The lowest BCUT2D eigenvalue weighted by molar-refractivity contribution is -0.141. The van der Waals surface area contributed by atoms with Crippen LogP contribution >= 0.6 is 0 Å². The second kappa shape index (κ2) is 4.91. The predicted molar refractivity (Wildman–Crippen MR) is 45.9 cm³/mol. The molecule has 2 unspecified atom stereocenters. The van der Waals surface area contributed by atoms with Gasteiger partial charge in [-0.2, -0.15) is 0 Å². The summed E-state index contributed by atoms with van der Waals surface area (Å²) in [6.07, 6.45) is 1.19. The summed E-state index contributed by atoms with van der Waals surface area (Å²) in [6.45, 7) is 5.05. The minimum absolute atomic E-state index is 0.0869. The molecule has 0 rings (SSSR count). The summed E-state index contributed by atoms with van der Waals surface area (Å²) in [7, 11) is 0. The van der Waals surface area contributed by atoms with Gasteiger partial charge in [-0.05, 0) is 19.8 Å². The molecule has 0 aromatic heterocycles. The van der Waals surface area contributed by atoms with Gasteiger partial charge in [-0.1, -0.05) is 13.8 Å². The third kappa shape index (κ3) is 3.51. The van der Waals surface area contributed by atoms with Gasteiger partial charge in [-0.3, -0.25) is 9.59 Å². The molecule has 0 aliphatic rings. The van der Waals surface area contributed by atoms with Gasteiger partial charge in [0.25, 0.3) is 0 Å². The van der Waals surface area contributed by atoms with Gasteiger partial charge in [0.2, 0.25) is 0 Å². The zero-order valence-electron chi connectivity index (χ0n) is 7.83. The summed E-state index contributed by atoms with van der Waals surface area (Å²) in [5.74, 6) is -1.24. The highest BCUT2D eigenvalue weighted by molar-refractivity contribution is 5.79. The molecule has 0 spiro atoms. The molecule has 3 nitrogen and oxygen atoms in total. The summed E-state index contributed by atoms with van der Waals surface area (Å²) >= 11 is 0. The van der Waals surface area contributed by atoms with Crippen molar-refractivity contribution in [2.75, 3.05) is 0 Å². The summed E-state index contributed by atoms with van der Waals surface area (Å²) < 4.78 is 0. The van der Waals surface area contributed by atoms with Crippen molar-refractivity contribution >= 4 is 11.8 Å². The number of carbonyl (C=O) groups excluding carboxylic acids is 1. The van der Waals surface area contributed by atoms with E-state index in [9.17, 15) is 9.59 Å². The molecule has 0 aromatic rings. The second-order valence-electron chi connectivity index (χ2n) is 3.19. The van der Waals surface area contributed by atoms with Crippen molar-refractivity contribution < 1.29 is 14.7 Å². The monoisotopic (exact) mass is 172 g/mol. The molecule has 3 heteroatoms. The molecular formula is C9H16O3. The molecule has 0 radical (unpaired) electrons. The number of hydrogen-bond acceptors (Lipinski definition) is 2. The number of hydrogen-bond donors (Lipinski definition) is 1. The first-order chi connectivity index (χ1) is 5.49. The number of carboxylic acid groups (broad SMARTS) is 1. The number of aliphatic carboxylic acids is 1. The summed E-state index contributed by atoms with van der Waals surface area (Å²) in [4.78, 5) is 21.4. The van der Waals surface area contributed by atoms with E-state index in [2.05, 4.69) is 0 Å². The minimum Gasteiger partial charge on any atom is -0.481 e. The molecular weight excluding hydrogens is 156 g/mol. The van der Waals surface area contributed by atoms with E-state index < -0.39 is 11.9 Å². The molecule has 70 valence electrons. The average Bonchev–Trinajstić information content (AvgIpc) is 1.98. The Morgan fingerprint density at radius 3 is 2.17 bits per heavy atom. The van der Waals surface area contributed by atoms with Crippen LogP contribution in [0.1, 0.15) is 33.6 Å². The average molecular weight is 172 g/mol. The molecule has 0 fully saturated rings. The van der Waals surface area contributed by atoms with Gasteiger partial charge < -0.3 is 5.11 Å². The fourth-order valence-electron chi connectivity index (χ4n) is 1.15. The smallest absolute Gasteiger partial charge is 0.306 e. The van der Waals surface area contributed by atoms with Gasteiger partial charge in [-0.15, -0.1) is 0 Å². The van der Waals surface area contributed by atoms with Crippen molar-refractivity contribution in [2.45, 2.75) is 33.6 Å². The summed E-state index contributed by atoms with van der Waals surface area (Å²) in [5.41, 5.74) is 0. The lowest BCUT2D eigenvalue weighted by Crippen LogP contribution is -2.18. The van der Waals surface area contributed by atoms with Crippen LogP contribution in [0.2, 0.25) is 0 Å². The highest BCUT2D eigenvalue weighted by Gasteiger charge is 2.19. The molecule has 2 atom stereocenters. The molecule has 0 heterocycles. The van der Waals surface area contributed by atoms with Crippen LogP contribution in [0.5, 0.6) is 0 Å². The van der Waals surface area contributed by atoms with Crippen LogP contribution < -0.4 is 0 Å². The predicted octanol–water partition coefficient (Wildman–Crippen LogP) is 1.71. The van der Waals surface area contributed by atoms with Gasteiger partial charge in [-0.25, -0.2) is 0 Å². The van der Waals surface area contributed by atoms with Crippen LogP contribution in [0.4, 0.5) is 0 Å². The summed E-state index contributed by atoms with van der Waals surface area (Å²) in [6, 6.07) is 0. The van der Waals surface area contributed by atoms with Crippen LogP contribution in [-0.2, 0) is 9.59 Å². The Balaban J connectivity index is 4.02. The van der Waals surface area contributed by atoms with Crippen LogP contribution in [0.15, 0.2) is 0 Å². The number of carbonyl (C=O) groups is 2. The molecule has 0 saturated heterocycles. The molecule has 1 N–H and O–H groups in total. The molecule has 0 saturated carbocycles. The fourth-order valence-corrected chi connectivity index (χ4v) is 1.15.